The Morgan fingerprint density at radius 3 is 2.54 bits per heavy atom. The van der Waals surface area contributed by atoms with Crippen LogP contribution in [0.3, 0.4) is 0 Å². The maximum absolute atomic E-state index is 10.7. The fourth-order valence-corrected chi connectivity index (χ4v) is 1.84. The van der Waals surface area contributed by atoms with Gasteiger partial charge in [-0.15, -0.1) is 0 Å². The number of nitrogens with zero attached hydrogens (tertiary/aromatic N) is 1. The number of benzene rings is 1. The minimum Gasteiger partial charge on any atom is -0.258 e. The van der Waals surface area contributed by atoms with E-state index in [0.717, 1.165) is 16.7 Å². The second-order valence-electron chi connectivity index (χ2n) is 2.98. The van der Waals surface area contributed by atoms with Gasteiger partial charge in [-0.25, -0.2) is 0 Å². The first-order chi connectivity index (χ1) is 6.06. The van der Waals surface area contributed by atoms with Crippen molar-refractivity contribution in [2.24, 2.45) is 0 Å². The Kier molecular flexibility index (Phi) is 3.03. The molecule has 0 aromatic heterocycles. The molecule has 70 valence electrons. The van der Waals surface area contributed by atoms with Gasteiger partial charge < -0.3 is 0 Å². The highest BCUT2D eigenvalue weighted by Gasteiger charge is 2.16. The van der Waals surface area contributed by atoms with E-state index in [1.54, 1.807) is 6.92 Å². The van der Waals surface area contributed by atoms with Gasteiger partial charge in [-0.3, -0.25) is 10.1 Å². The quantitative estimate of drug-likeness (QED) is 0.455. The molecule has 0 radical (unpaired) electrons. The lowest BCUT2D eigenvalue weighted by Crippen LogP contribution is -1.97. The van der Waals surface area contributed by atoms with Crippen molar-refractivity contribution in [1.82, 2.24) is 0 Å². The van der Waals surface area contributed by atoms with E-state index in [4.69, 9.17) is 0 Å². The van der Waals surface area contributed by atoms with Gasteiger partial charge in [0.05, 0.1) is 4.92 Å². The first-order valence-corrected chi connectivity index (χ1v) is 4.99. The average molecular weight is 244 g/mol. The van der Waals surface area contributed by atoms with Gasteiger partial charge in [0, 0.05) is 16.5 Å². The molecular weight excluding hydrogens is 234 g/mol. The van der Waals surface area contributed by atoms with Crippen molar-refractivity contribution < 1.29 is 4.92 Å². The minimum absolute atomic E-state index is 0.225. The molecule has 0 unspecified atom stereocenters. The number of alkyl halides is 1. The van der Waals surface area contributed by atoms with Crippen LogP contribution >= 0.6 is 15.9 Å². The lowest BCUT2D eigenvalue weighted by molar-refractivity contribution is -0.386. The topological polar surface area (TPSA) is 43.1 Å². The van der Waals surface area contributed by atoms with Crippen LogP contribution in [-0.2, 0) is 5.33 Å². The molecule has 0 saturated heterocycles. The maximum atomic E-state index is 10.7. The molecule has 0 aliphatic heterocycles. The number of rotatable bonds is 2. The molecule has 0 heterocycles. The van der Waals surface area contributed by atoms with E-state index in [-0.39, 0.29) is 10.6 Å². The molecule has 0 bridgehead atoms. The van der Waals surface area contributed by atoms with Crippen LogP contribution in [0, 0.1) is 24.0 Å². The van der Waals surface area contributed by atoms with Gasteiger partial charge in [-0.2, -0.15) is 0 Å². The molecule has 13 heavy (non-hydrogen) atoms. The molecule has 0 fully saturated rings. The number of nitro groups is 1. The number of halogens is 1. The number of hydrogen-bond donors (Lipinski definition) is 0. The zero-order valence-corrected chi connectivity index (χ0v) is 9.09. The van der Waals surface area contributed by atoms with E-state index in [0.29, 0.717) is 5.33 Å². The molecular formula is C9H10BrNO2. The van der Waals surface area contributed by atoms with Crippen LogP contribution in [-0.4, -0.2) is 4.92 Å². The molecule has 3 nitrogen and oxygen atoms in total. The summed E-state index contributed by atoms with van der Waals surface area (Å²) in [6.45, 7) is 3.69. The summed E-state index contributed by atoms with van der Waals surface area (Å²) in [5.41, 5.74) is 2.74. The molecule has 1 aromatic rings. The van der Waals surface area contributed by atoms with Crippen molar-refractivity contribution in [3.05, 3.63) is 38.9 Å². The zero-order valence-electron chi connectivity index (χ0n) is 7.50. The molecule has 4 heteroatoms. The van der Waals surface area contributed by atoms with Crippen LogP contribution in [0.4, 0.5) is 5.69 Å². The highest BCUT2D eigenvalue weighted by molar-refractivity contribution is 9.08. The summed E-state index contributed by atoms with van der Waals surface area (Å²) in [4.78, 5) is 10.4. The molecule has 0 aliphatic rings. The van der Waals surface area contributed by atoms with Crippen LogP contribution in [0.15, 0.2) is 12.1 Å². The summed E-state index contributed by atoms with van der Waals surface area (Å²) in [5, 5.41) is 11.2. The second kappa shape index (κ2) is 3.87. The molecule has 0 N–H and O–H groups in total. The van der Waals surface area contributed by atoms with Crippen molar-refractivity contribution in [1.29, 1.82) is 0 Å². The van der Waals surface area contributed by atoms with Crippen LogP contribution < -0.4 is 0 Å². The van der Waals surface area contributed by atoms with Crippen molar-refractivity contribution in [2.45, 2.75) is 19.2 Å². The summed E-state index contributed by atoms with van der Waals surface area (Å²) in [5.74, 6) is 0. The van der Waals surface area contributed by atoms with Gasteiger partial charge in [-0.1, -0.05) is 21.5 Å². The summed E-state index contributed by atoms with van der Waals surface area (Å²) in [7, 11) is 0. The van der Waals surface area contributed by atoms with Gasteiger partial charge in [0.25, 0.3) is 5.69 Å². The molecule has 0 amide bonds. The SMILES string of the molecule is Cc1cc(C)c([N+](=O)[O-])c(CBr)c1. The van der Waals surface area contributed by atoms with Gasteiger partial charge in [0.1, 0.15) is 0 Å². The third-order valence-corrected chi connectivity index (χ3v) is 2.45. The van der Waals surface area contributed by atoms with E-state index >= 15 is 0 Å². The van der Waals surface area contributed by atoms with Gasteiger partial charge in [0.2, 0.25) is 0 Å². The Morgan fingerprint density at radius 2 is 2.08 bits per heavy atom. The summed E-state index contributed by atoms with van der Waals surface area (Å²) in [6, 6.07) is 3.66. The van der Waals surface area contributed by atoms with E-state index in [1.165, 1.54) is 0 Å². The standard InChI is InChI=1S/C9H10BrNO2/c1-6-3-7(2)9(11(12)13)8(4-6)5-10/h3-4H,5H2,1-2H3. The minimum atomic E-state index is -0.328. The van der Waals surface area contributed by atoms with Crippen molar-refractivity contribution in [2.75, 3.05) is 0 Å². The second-order valence-corrected chi connectivity index (χ2v) is 3.54. The smallest absolute Gasteiger partial charge is 0.258 e. The molecule has 1 aromatic carbocycles. The summed E-state index contributed by atoms with van der Waals surface area (Å²) < 4.78 is 0. The third kappa shape index (κ3) is 2.06. The van der Waals surface area contributed by atoms with Crippen LogP contribution in [0.5, 0.6) is 0 Å². The third-order valence-electron chi connectivity index (χ3n) is 1.85. The summed E-state index contributed by atoms with van der Waals surface area (Å²) >= 11 is 3.24. The highest BCUT2D eigenvalue weighted by Crippen LogP contribution is 2.26. The normalized spacial score (nSPS) is 10.1. The Labute approximate surface area is 85.0 Å². The fourth-order valence-electron chi connectivity index (χ4n) is 1.41. The molecule has 0 saturated carbocycles. The average Bonchev–Trinajstić information content (AvgIpc) is 2.01. The number of nitro benzene ring substituents is 1. The lowest BCUT2D eigenvalue weighted by atomic mass is 10.1. The number of hydrogen-bond acceptors (Lipinski definition) is 2. The van der Waals surface area contributed by atoms with E-state index in [2.05, 4.69) is 15.9 Å². The van der Waals surface area contributed by atoms with Gasteiger partial charge >= 0.3 is 0 Å². The first-order valence-electron chi connectivity index (χ1n) is 3.86. The van der Waals surface area contributed by atoms with Crippen molar-refractivity contribution >= 4 is 21.6 Å². The van der Waals surface area contributed by atoms with E-state index in [1.807, 2.05) is 19.1 Å². The Hall–Kier alpha value is -0.900. The highest BCUT2D eigenvalue weighted by atomic mass is 79.9. The maximum Gasteiger partial charge on any atom is 0.276 e. The first kappa shape index (κ1) is 10.2. The zero-order chi connectivity index (χ0) is 10.0. The van der Waals surface area contributed by atoms with Crippen molar-refractivity contribution in [3.63, 3.8) is 0 Å². The monoisotopic (exact) mass is 243 g/mol. The fraction of sp³-hybridized carbons (Fsp3) is 0.333. The predicted octanol–water partition coefficient (Wildman–Crippen LogP) is 3.11. The van der Waals surface area contributed by atoms with Crippen LogP contribution in [0.2, 0.25) is 0 Å². The van der Waals surface area contributed by atoms with E-state index in [9.17, 15) is 10.1 Å². The Morgan fingerprint density at radius 1 is 1.46 bits per heavy atom. The molecule has 0 atom stereocenters. The molecule has 1 rings (SSSR count). The van der Waals surface area contributed by atoms with Crippen LogP contribution in [0.1, 0.15) is 16.7 Å². The number of aryl methyl sites for hydroxylation is 2. The largest absolute Gasteiger partial charge is 0.276 e. The Balaban J connectivity index is 3.38. The van der Waals surface area contributed by atoms with Crippen molar-refractivity contribution in [3.8, 4) is 0 Å². The van der Waals surface area contributed by atoms with Crippen LogP contribution in [0.25, 0.3) is 0 Å². The predicted molar refractivity (Wildman–Crippen MR) is 55.2 cm³/mol. The van der Waals surface area contributed by atoms with Gasteiger partial charge in [-0.05, 0) is 26.0 Å². The lowest BCUT2D eigenvalue weighted by Gasteiger charge is -2.03. The van der Waals surface area contributed by atoms with E-state index < -0.39 is 0 Å². The summed E-state index contributed by atoms with van der Waals surface area (Å²) in [6.07, 6.45) is 0. The molecule has 0 spiro atoms. The van der Waals surface area contributed by atoms with Gasteiger partial charge in [0.15, 0.2) is 0 Å². The molecule has 0 aliphatic carbocycles. The Bertz CT molecular complexity index is 350.